The number of nitrogens with zero attached hydrogens (tertiary/aromatic N) is 2. The molecule has 158 valence electrons. The molecule has 1 N–H and O–H groups in total. The third kappa shape index (κ3) is 3.89. The lowest BCUT2D eigenvalue weighted by Crippen LogP contribution is -2.43. The molecule has 0 aliphatic carbocycles. The highest BCUT2D eigenvalue weighted by Crippen LogP contribution is 2.37. The van der Waals surface area contributed by atoms with Gasteiger partial charge in [0.2, 0.25) is 0 Å². The van der Waals surface area contributed by atoms with Crippen LogP contribution in [-0.4, -0.2) is 38.5 Å². The van der Waals surface area contributed by atoms with Gasteiger partial charge < -0.3 is 15.0 Å². The van der Waals surface area contributed by atoms with Crippen molar-refractivity contribution < 1.29 is 9.53 Å². The van der Waals surface area contributed by atoms with Gasteiger partial charge in [0.05, 0.1) is 18.8 Å². The average Bonchev–Trinajstić information content (AvgIpc) is 2.85. The maximum absolute atomic E-state index is 13.6. The van der Waals surface area contributed by atoms with Gasteiger partial charge >= 0.3 is 0 Å². The van der Waals surface area contributed by atoms with Crippen molar-refractivity contribution >= 4 is 34.7 Å². The van der Waals surface area contributed by atoms with E-state index in [4.69, 9.17) is 4.74 Å². The number of amides is 1. The Morgan fingerprint density at radius 2 is 1.58 bits per heavy atom. The molecule has 5 rings (SSSR count). The van der Waals surface area contributed by atoms with E-state index in [0.29, 0.717) is 5.56 Å². The second-order valence-electron chi connectivity index (χ2n) is 7.66. The molecule has 0 saturated carbocycles. The van der Waals surface area contributed by atoms with Crippen LogP contribution in [0.25, 0.3) is 0 Å². The van der Waals surface area contributed by atoms with Crippen molar-refractivity contribution in [1.82, 2.24) is 0 Å². The van der Waals surface area contributed by atoms with Gasteiger partial charge in [-0.3, -0.25) is 9.69 Å². The lowest BCUT2D eigenvalue weighted by Gasteiger charge is -2.38. The number of carbonyl (C=O) groups excluding carboxylic acids is 1. The molecule has 1 amide bonds. The molecule has 0 radical (unpaired) electrons. The van der Waals surface area contributed by atoms with Crippen molar-refractivity contribution in [3.8, 4) is 0 Å². The molecule has 1 saturated heterocycles. The Kier molecular flexibility index (Phi) is 5.57. The van der Waals surface area contributed by atoms with Crippen LogP contribution >= 0.6 is 11.8 Å². The zero-order valence-corrected chi connectivity index (χ0v) is 18.3. The van der Waals surface area contributed by atoms with Gasteiger partial charge in [-0.25, -0.2) is 0 Å². The van der Waals surface area contributed by atoms with Crippen LogP contribution in [0.15, 0.2) is 77.7 Å². The standard InChI is InChI=1S/C25H25N3O2S/c1-31-21-12-6-18(7-13-21)24-26-23-5-3-2-4-22(23)25(29)28(24)20-10-8-19(9-11-20)27-14-16-30-17-15-27/h2-13,24,26H,14-17H2,1H3/t24-/m0/s1. The fourth-order valence-corrected chi connectivity index (χ4v) is 4.59. The van der Waals surface area contributed by atoms with Crippen molar-refractivity contribution in [3.63, 3.8) is 0 Å². The van der Waals surface area contributed by atoms with Gasteiger partial charge in [-0.1, -0.05) is 24.3 Å². The second-order valence-corrected chi connectivity index (χ2v) is 8.54. The summed E-state index contributed by atoms with van der Waals surface area (Å²) in [5.74, 6) is 0.00687. The number of thioether (sulfide) groups is 1. The molecule has 0 spiro atoms. The summed E-state index contributed by atoms with van der Waals surface area (Å²) in [6, 6.07) is 24.4. The quantitative estimate of drug-likeness (QED) is 0.588. The molecular formula is C25H25N3O2S. The number of fused-ring (bicyclic) bond motifs is 1. The molecule has 2 aliphatic heterocycles. The highest BCUT2D eigenvalue weighted by molar-refractivity contribution is 7.98. The minimum Gasteiger partial charge on any atom is -0.378 e. The van der Waals surface area contributed by atoms with Crippen molar-refractivity contribution in [2.24, 2.45) is 0 Å². The minimum atomic E-state index is -0.271. The number of anilines is 3. The highest BCUT2D eigenvalue weighted by atomic mass is 32.2. The topological polar surface area (TPSA) is 44.8 Å². The predicted octanol–water partition coefficient (Wildman–Crippen LogP) is 5.02. The SMILES string of the molecule is CSc1ccc([C@H]2Nc3ccccc3C(=O)N2c2ccc(N3CCOCC3)cc2)cc1. The number of nitrogens with one attached hydrogen (secondary N) is 1. The van der Waals surface area contributed by atoms with Gasteiger partial charge in [0, 0.05) is 35.0 Å². The zero-order valence-electron chi connectivity index (χ0n) is 17.5. The Balaban J connectivity index is 1.52. The molecule has 1 fully saturated rings. The Morgan fingerprint density at radius 3 is 2.29 bits per heavy atom. The first-order chi connectivity index (χ1) is 15.2. The lowest BCUT2D eigenvalue weighted by molar-refractivity contribution is 0.0975. The predicted molar refractivity (Wildman–Crippen MR) is 127 cm³/mol. The number of carbonyl (C=O) groups is 1. The third-order valence-corrected chi connectivity index (χ3v) is 6.61. The summed E-state index contributed by atoms with van der Waals surface area (Å²) in [6.45, 7) is 3.28. The molecule has 2 heterocycles. The zero-order chi connectivity index (χ0) is 21.2. The molecule has 0 aromatic heterocycles. The van der Waals surface area contributed by atoms with Crippen LogP contribution in [0.3, 0.4) is 0 Å². The first-order valence-corrected chi connectivity index (χ1v) is 11.7. The molecule has 3 aromatic carbocycles. The lowest BCUT2D eigenvalue weighted by atomic mass is 10.0. The highest BCUT2D eigenvalue weighted by Gasteiger charge is 2.34. The second kappa shape index (κ2) is 8.65. The smallest absolute Gasteiger partial charge is 0.262 e. The molecule has 6 heteroatoms. The van der Waals surface area contributed by atoms with Gasteiger partial charge in [-0.2, -0.15) is 0 Å². The summed E-state index contributed by atoms with van der Waals surface area (Å²) >= 11 is 1.71. The van der Waals surface area contributed by atoms with Gasteiger partial charge in [0.1, 0.15) is 6.17 Å². The van der Waals surface area contributed by atoms with Crippen LogP contribution in [0.4, 0.5) is 17.1 Å². The maximum Gasteiger partial charge on any atom is 0.262 e. The van der Waals surface area contributed by atoms with E-state index < -0.39 is 0 Å². The van der Waals surface area contributed by atoms with Gasteiger partial charge in [-0.05, 0) is 60.4 Å². The molecule has 2 aliphatic rings. The number of morpholine rings is 1. The van der Waals surface area contributed by atoms with E-state index >= 15 is 0 Å². The largest absolute Gasteiger partial charge is 0.378 e. The summed E-state index contributed by atoms with van der Waals surface area (Å²) < 4.78 is 5.46. The van der Waals surface area contributed by atoms with Crippen LogP contribution in [-0.2, 0) is 4.74 Å². The van der Waals surface area contributed by atoms with Gasteiger partial charge in [0.15, 0.2) is 0 Å². The van der Waals surface area contributed by atoms with Crippen molar-refractivity contribution in [2.45, 2.75) is 11.1 Å². The van der Waals surface area contributed by atoms with Gasteiger partial charge in [-0.15, -0.1) is 11.8 Å². The average molecular weight is 432 g/mol. The number of benzene rings is 3. The monoisotopic (exact) mass is 431 g/mol. The van der Waals surface area contributed by atoms with Crippen LogP contribution < -0.4 is 15.1 Å². The summed E-state index contributed by atoms with van der Waals surface area (Å²) in [5, 5.41) is 3.58. The minimum absolute atomic E-state index is 0.00687. The first kappa shape index (κ1) is 20.0. The molecule has 31 heavy (non-hydrogen) atoms. The van der Waals surface area contributed by atoms with E-state index in [9.17, 15) is 4.79 Å². The summed E-state index contributed by atoms with van der Waals surface area (Å²) in [4.78, 5) is 18.9. The van der Waals surface area contributed by atoms with Crippen molar-refractivity contribution in [2.75, 3.05) is 47.7 Å². The normalized spacial score (nSPS) is 18.5. The maximum atomic E-state index is 13.6. The van der Waals surface area contributed by atoms with E-state index in [1.807, 2.05) is 41.3 Å². The van der Waals surface area contributed by atoms with Gasteiger partial charge in [0.25, 0.3) is 5.91 Å². The number of rotatable bonds is 4. The van der Waals surface area contributed by atoms with E-state index in [-0.39, 0.29) is 12.1 Å². The van der Waals surface area contributed by atoms with Crippen molar-refractivity contribution in [3.05, 3.63) is 83.9 Å². The Hall–Kier alpha value is -2.96. The summed E-state index contributed by atoms with van der Waals surface area (Å²) in [5.41, 5.74) is 4.65. The molecule has 3 aromatic rings. The van der Waals surface area contributed by atoms with E-state index in [1.54, 1.807) is 11.8 Å². The summed E-state index contributed by atoms with van der Waals surface area (Å²) in [7, 11) is 0. The number of para-hydroxylation sites is 1. The number of hydrogen-bond donors (Lipinski definition) is 1. The van der Waals surface area contributed by atoms with Crippen LogP contribution in [0, 0.1) is 0 Å². The fraction of sp³-hybridized carbons (Fsp3) is 0.240. The molecular weight excluding hydrogens is 406 g/mol. The fourth-order valence-electron chi connectivity index (χ4n) is 4.18. The third-order valence-electron chi connectivity index (χ3n) is 5.86. The Labute approximate surface area is 187 Å². The summed E-state index contributed by atoms with van der Waals surface area (Å²) in [6.07, 6.45) is 1.79. The molecule has 0 bridgehead atoms. The van der Waals surface area contributed by atoms with E-state index in [1.165, 1.54) is 4.90 Å². The van der Waals surface area contributed by atoms with E-state index in [0.717, 1.165) is 48.9 Å². The first-order valence-electron chi connectivity index (χ1n) is 10.5. The molecule has 1 atom stereocenters. The number of hydrogen-bond acceptors (Lipinski definition) is 5. The van der Waals surface area contributed by atoms with E-state index in [2.05, 4.69) is 52.9 Å². The van der Waals surface area contributed by atoms with Crippen LogP contribution in [0.2, 0.25) is 0 Å². The van der Waals surface area contributed by atoms with Crippen molar-refractivity contribution in [1.29, 1.82) is 0 Å². The Morgan fingerprint density at radius 1 is 0.903 bits per heavy atom. The molecule has 5 nitrogen and oxygen atoms in total. The molecule has 0 unspecified atom stereocenters. The van der Waals surface area contributed by atoms with Crippen LogP contribution in [0.5, 0.6) is 0 Å². The number of ether oxygens (including phenoxy) is 1. The van der Waals surface area contributed by atoms with Crippen LogP contribution in [0.1, 0.15) is 22.1 Å². The Bertz CT molecular complexity index is 1060.